The number of methoxy groups -OCH3 is 1. The van der Waals surface area contributed by atoms with Crippen molar-refractivity contribution < 1.29 is 13.9 Å². The number of ether oxygens (including phenoxy) is 1. The molecule has 2 aromatic carbocycles. The number of hydrogen-bond donors (Lipinski definition) is 1. The van der Waals surface area contributed by atoms with Crippen molar-refractivity contribution >= 4 is 17.8 Å². The average molecular weight is 310 g/mol. The summed E-state index contributed by atoms with van der Waals surface area (Å²) in [6, 6.07) is 11.5. The fourth-order valence-corrected chi connectivity index (χ4v) is 2.33. The van der Waals surface area contributed by atoms with Crippen LogP contribution in [0.4, 0.5) is 4.39 Å². The zero-order valence-electron chi connectivity index (χ0n) is 12.8. The fraction of sp³-hybridized carbons (Fsp3) is 0.111. The Morgan fingerprint density at radius 2 is 1.91 bits per heavy atom. The summed E-state index contributed by atoms with van der Waals surface area (Å²) < 4.78 is 18.3. The number of hydrogen-bond acceptors (Lipinski definition) is 3. The second kappa shape index (κ2) is 6.04. The first-order chi connectivity index (χ1) is 11.1. The van der Waals surface area contributed by atoms with Crippen LogP contribution in [-0.4, -0.2) is 18.9 Å². The van der Waals surface area contributed by atoms with Crippen LogP contribution in [0.2, 0.25) is 0 Å². The topological polar surface area (TPSA) is 50.7 Å². The quantitative estimate of drug-likeness (QED) is 0.886. The van der Waals surface area contributed by atoms with Gasteiger partial charge >= 0.3 is 0 Å². The normalized spacial score (nSPS) is 15.5. The van der Waals surface area contributed by atoms with Crippen LogP contribution in [0.3, 0.4) is 0 Å². The molecular formula is C18H15FN2O2. The SMILES string of the molecule is COc1ccc(C)cc1/C=C1/N=C(c2ccc(F)cc2)NC1=O. The second-order valence-corrected chi connectivity index (χ2v) is 5.20. The van der Waals surface area contributed by atoms with Gasteiger partial charge in [-0.3, -0.25) is 4.79 Å². The maximum Gasteiger partial charge on any atom is 0.275 e. The number of halogens is 1. The van der Waals surface area contributed by atoms with Crippen molar-refractivity contribution in [1.29, 1.82) is 0 Å². The third-order valence-electron chi connectivity index (χ3n) is 3.49. The number of amidine groups is 1. The fourth-order valence-electron chi connectivity index (χ4n) is 2.33. The lowest BCUT2D eigenvalue weighted by Gasteiger charge is -2.05. The predicted octanol–water partition coefficient (Wildman–Crippen LogP) is 3.06. The van der Waals surface area contributed by atoms with E-state index in [0.29, 0.717) is 17.1 Å². The highest BCUT2D eigenvalue weighted by Crippen LogP contribution is 2.24. The Balaban J connectivity index is 1.98. The minimum Gasteiger partial charge on any atom is -0.496 e. The molecule has 1 N–H and O–H groups in total. The molecule has 23 heavy (non-hydrogen) atoms. The van der Waals surface area contributed by atoms with Gasteiger partial charge < -0.3 is 10.1 Å². The Morgan fingerprint density at radius 3 is 2.61 bits per heavy atom. The molecule has 0 bridgehead atoms. The molecule has 1 heterocycles. The molecule has 0 spiro atoms. The van der Waals surface area contributed by atoms with E-state index >= 15 is 0 Å². The number of carbonyl (C=O) groups excluding carboxylic acids is 1. The van der Waals surface area contributed by atoms with E-state index in [4.69, 9.17) is 4.74 Å². The van der Waals surface area contributed by atoms with Crippen LogP contribution in [0.25, 0.3) is 6.08 Å². The van der Waals surface area contributed by atoms with Gasteiger partial charge in [-0.15, -0.1) is 0 Å². The molecule has 1 aliphatic rings. The van der Waals surface area contributed by atoms with Crippen LogP contribution in [-0.2, 0) is 4.79 Å². The molecule has 1 amide bonds. The highest BCUT2D eigenvalue weighted by Gasteiger charge is 2.21. The second-order valence-electron chi connectivity index (χ2n) is 5.20. The van der Waals surface area contributed by atoms with Crippen LogP contribution in [0, 0.1) is 12.7 Å². The third-order valence-corrected chi connectivity index (χ3v) is 3.49. The molecule has 4 nitrogen and oxygen atoms in total. The Labute approximate surface area is 133 Å². The zero-order chi connectivity index (χ0) is 16.4. The first kappa shape index (κ1) is 15.0. The summed E-state index contributed by atoms with van der Waals surface area (Å²) in [6.45, 7) is 1.96. The molecule has 0 saturated carbocycles. The van der Waals surface area contributed by atoms with Gasteiger partial charge in [0.05, 0.1) is 7.11 Å². The van der Waals surface area contributed by atoms with Crippen molar-refractivity contribution in [2.75, 3.05) is 7.11 Å². The van der Waals surface area contributed by atoms with Gasteiger partial charge in [0.15, 0.2) is 0 Å². The summed E-state index contributed by atoms with van der Waals surface area (Å²) in [7, 11) is 1.58. The maximum atomic E-state index is 13.0. The Bertz CT molecular complexity index is 823. The Kier molecular flexibility index (Phi) is 3.93. The largest absolute Gasteiger partial charge is 0.496 e. The molecule has 2 aromatic rings. The molecule has 0 atom stereocenters. The van der Waals surface area contributed by atoms with E-state index in [0.717, 1.165) is 11.1 Å². The molecule has 0 aromatic heterocycles. The molecule has 1 aliphatic heterocycles. The highest BCUT2D eigenvalue weighted by molar-refractivity contribution is 6.19. The molecule has 0 aliphatic carbocycles. The van der Waals surface area contributed by atoms with Crippen LogP contribution in [0.5, 0.6) is 5.75 Å². The van der Waals surface area contributed by atoms with Crippen LogP contribution < -0.4 is 10.1 Å². The van der Waals surface area contributed by atoms with Gasteiger partial charge in [-0.1, -0.05) is 11.6 Å². The summed E-state index contributed by atoms with van der Waals surface area (Å²) in [5.41, 5.74) is 2.77. The van der Waals surface area contributed by atoms with Gasteiger partial charge in [0, 0.05) is 11.1 Å². The summed E-state index contributed by atoms with van der Waals surface area (Å²) in [4.78, 5) is 16.4. The zero-order valence-corrected chi connectivity index (χ0v) is 12.8. The van der Waals surface area contributed by atoms with Crippen molar-refractivity contribution in [3.05, 3.63) is 70.7 Å². The van der Waals surface area contributed by atoms with Gasteiger partial charge in [-0.2, -0.15) is 0 Å². The van der Waals surface area contributed by atoms with Gasteiger partial charge in [-0.25, -0.2) is 9.38 Å². The average Bonchev–Trinajstić information content (AvgIpc) is 2.89. The lowest BCUT2D eigenvalue weighted by atomic mass is 10.1. The molecular weight excluding hydrogens is 295 g/mol. The lowest BCUT2D eigenvalue weighted by Crippen LogP contribution is -2.24. The van der Waals surface area contributed by atoms with E-state index in [2.05, 4.69) is 10.3 Å². The molecule has 0 saturated heterocycles. The first-order valence-corrected chi connectivity index (χ1v) is 7.09. The van der Waals surface area contributed by atoms with Gasteiger partial charge in [0.2, 0.25) is 0 Å². The van der Waals surface area contributed by atoms with Crippen LogP contribution in [0.15, 0.2) is 53.2 Å². The number of nitrogens with zero attached hydrogens (tertiary/aromatic N) is 1. The van der Waals surface area contributed by atoms with E-state index in [-0.39, 0.29) is 17.4 Å². The molecule has 0 radical (unpaired) electrons. The van der Waals surface area contributed by atoms with Gasteiger partial charge in [0.25, 0.3) is 5.91 Å². The number of amides is 1. The summed E-state index contributed by atoms with van der Waals surface area (Å²) in [5, 5.41) is 2.69. The monoisotopic (exact) mass is 310 g/mol. The van der Waals surface area contributed by atoms with Crippen molar-refractivity contribution in [1.82, 2.24) is 5.32 Å². The van der Waals surface area contributed by atoms with E-state index < -0.39 is 0 Å². The summed E-state index contributed by atoms with van der Waals surface area (Å²) in [5.74, 6) is 0.445. The lowest BCUT2D eigenvalue weighted by molar-refractivity contribution is -0.115. The van der Waals surface area contributed by atoms with Crippen LogP contribution in [0.1, 0.15) is 16.7 Å². The molecule has 5 heteroatoms. The van der Waals surface area contributed by atoms with E-state index in [9.17, 15) is 9.18 Å². The number of aliphatic imine (C=N–C) groups is 1. The smallest absolute Gasteiger partial charge is 0.275 e. The number of nitrogens with one attached hydrogen (secondary N) is 1. The highest BCUT2D eigenvalue weighted by atomic mass is 19.1. The van der Waals surface area contributed by atoms with E-state index in [1.165, 1.54) is 12.1 Å². The minimum atomic E-state index is -0.334. The van der Waals surface area contributed by atoms with Crippen molar-refractivity contribution in [3.63, 3.8) is 0 Å². The first-order valence-electron chi connectivity index (χ1n) is 7.09. The molecule has 3 rings (SSSR count). The van der Waals surface area contributed by atoms with Crippen molar-refractivity contribution in [3.8, 4) is 5.75 Å². The summed E-state index contributed by atoms with van der Waals surface area (Å²) in [6.07, 6.45) is 1.68. The Hall–Kier alpha value is -2.95. The van der Waals surface area contributed by atoms with E-state index in [1.54, 1.807) is 25.3 Å². The Morgan fingerprint density at radius 1 is 1.17 bits per heavy atom. The summed E-state index contributed by atoms with van der Waals surface area (Å²) >= 11 is 0. The van der Waals surface area contributed by atoms with Crippen LogP contribution >= 0.6 is 0 Å². The van der Waals surface area contributed by atoms with Crippen molar-refractivity contribution in [2.24, 2.45) is 4.99 Å². The molecule has 0 fully saturated rings. The molecule has 116 valence electrons. The number of aryl methyl sites for hydroxylation is 1. The molecule has 0 unspecified atom stereocenters. The number of rotatable bonds is 3. The number of carbonyl (C=O) groups is 1. The predicted molar refractivity (Wildman–Crippen MR) is 86.8 cm³/mol. The van der Waals surface area contributed by atoms with Gasteiger partial charge in [0.1, 0.15) is 23.1 Å². The minimum absolute atomic E-state index is 0.285. The van der Waals surface area contributed by atoms with E-state index in [1.807, 2.05) is 25.1 Å². The third kappa shape index (κ3) is 3.13. The standard InChI is InChI=1S/C18H15FN2O2/c1-11-3-8-16(23-2)13(9-11)10-15-18(22)21-17(20-15)12-4-6-14(19)7-5-12/h3-10H,1-2H3,(H,20,21,22)/b15-10+. The maximum absolute atomic E-state index is 13.0. The van der Waals surface area contributed by atoms with Gasteiger partial charge in [-0.05, 0) is 49.4 Å². The number of benzene rings is 2. The van der Waals surface area contributed by atoms with Crippen molar-refractivity contribution in [2.45, 2.75) is 6.92 Å².